The molecule has 1 N–H and O–H groups in total. The molecule has 26 heavy (non-hydrogen) atoms. The summed E-state index contributed by atoms with van der Waals surface area (Å²) in [7, 11) is 0. The topological polar surface area (TPSA) is 69.0 Å². The fraction of sp³-hybridized carbons (Fsp3) is 0.211. The van der Waals surface area contributed by atoms with Crippen molar-refractivity contribution in [3.63, 3.8) is 0 Å². The van der Waals surface area contributed by atoms with Crippen molar-refractivity contribution < 1.29 is 9.53 Å². The number of carbonyl (C=O) groups is 1. The van der Waals surface area contributed by atoms with Gasteiger partial charge in [0, 0.05) is 29.7 Å². The minimum atomic E-state index is -0.0919. The van der Waals surface area contributed by atoms with Crippen molar-refractivity contribution in [2.75, 3.05) is 5.32 Å². The van der Waals surface area contributed by atoms with Gasteiger partial charge < -0.3 is 10.1 Å². The Morgan fingerprint density at radius 3 is 2.58 bits per heavy atom. The molecule has 0 bridgehead atoms. The van der Waals surface area contributed by atoms with Crippen LogP contribution in [0.4, 0.5) is 5.69 Å². The SMILES string of the molecule is Cc1cc(C)n(CCC(=O)Nc2ccc(Oc3ccc(Cl)cc3)nc2)n1. The number of aryl methyl sites for hydroxylation is 3. The molecule has 0 aliphatic heterocycles. The fourth-order valence-electron chi connectivity index (χ4n) is 2.47. The molecule has 0 unspecified atom stereocenters. The third-order valence-electron chi connectivity index (χ3n) is 3.71. The molecule has 3 rings (SSSR count). The number of halogens is 1. The Balaban J connectivity index is 1.52. The van der Waals surface area contributed by atoms with E-state index in [1.54, 1.807) is 42.6 Å². The Morgan fingerprint density at radius 2 is 1.96 bits per heavy atom. The number of amides is 1. The van der Waals surface area contributed by atoms with Crippen LogP contribution in [0.1, 0.15) is 17.8 Å². The first-order chi connectivity index (χ1) is 12.5. The highest BCUT2D eigenvalue weighted by molar-refractivity contribution is 6.30. The van der Waals surface area contributed by atoms with Crippen LogP contribution in [0.25, 0.3) is 0 Å². The van der Waals surface area contributed by atoms with Crippen molar-refractivity contribution in [1.82, 2.24) is 14.8 Å². The first-order valence-electron chi connectivity index (χ1n) is 8.20. The molecule has 1 amide bonds. The van der Waals surface area contributed by atoms with Gasteiger partial charge >= 0.3 is 0 Å². The minimum Gasteiger partial charge on any atom is -0.439 e. The van der Waals surface area contributed by atoms with Gasteiger partial charge in [-0.2, -0.15) is 5.10 Å². The lowest BCUT2D eigenvalue weighted by Gasteiger charge is -2.08. The second kappa shape index (κ2) is 8.01. The second-order valence-electron chi connectivity index (χ2n) is 5.89. The standard InChI is InChI=1S/C19H19ClN4O2/c1-13-11-14(2)24(23-13)10-9-18(25)22-16-5-8-19(21-12-16)26-17-6-3-15(20)4-7-17/h3-8,11-12H,9-10H2,1-2H3,(H,22,25). The maximum absolute atomic E-state index is 12.1. The minimum absolute atomic E-state index is 0.0919. The first kappa shape index (κ1) is 17.9. The maximum atomic E-state index is 12.1. The van der Waals surface area contributed by atoms with Crippen LogP contribution in [0.5, 0.6) is 11.6 Å². The van der Waals surface area contributed by atoms with E-state index >= 15 is 0 Å². The molecule has 1 aromatic carbocycles. The van der Waals surface area contributed by atoms with Crippen LogP contribution in [0.2, 0.25) is 5.02 Å². The predicted octanol–water partition coefficient (Wildman–Crippen LogP) is 4.37. The second-order valence-corrected chi connectivity index (χ2v) is 6.33. The normalized spacial score (nSPS) is 10.6. The van der Waals surface area contributed by atoms with E-state index in [1.165, 1.54) is 0 Å². The summed E-state index contributed by atoms with van der Waals surface area (Å²) >= 11 is 5.84. The quantitative estimate of drug-likeness (QED) is 0.699. The Labute approximate surface area is 156 Å². The Bertz CT molecular complexity index is 889. The number of benzene rings is 1. The number of anilines is 1. The van der Waals surface area contributed by atoms with Crippen LogP contribution < -0.4 is 10.1 Å². The third-order valence-corrected chi connectivity index (χ3v) is 3.96. The fourth-order valence-corrected chi connectivity index (χ4v) is 2.60. The number of hydrogen-bond donors (Lipinski definition) is 1. The van der Waals surface area contributed by atoms with E-state index in [0.29, 0.717) is 35.3 Å². The van der Waals surface area contributed by atoms with Gasteiger partial charge in [0.15, 0.2) is 0 Å². The first-order valence-corrected chi connectivity index (χ1v) is 8.58. The summed E-state index contributed by atoms with van der Waals surface area (Å²) in [5.74, 6) is 0.988. The summed E-state index contributed by atoms with van der Waals surface area (Å²) in [6.07, 6.45) is 1.90. The van der Waals surface area contributed by atoms with Gasteiger partial charge in [-0.05, 0) is 50.2 Å². The smallest absolute Gasteiger partial charge is 0.226 e. The van der Waals surface area contributed by atoms with E-state index in [-0.39, 0.29) is 5.91 Å². The number of nitrogens with zero attached hydrogens (tertiary/aromatic N) is 3. The zero-order chi connectivity index (χ0) is 18.5. The summed E-state index contributed by atoms with van der Waals surface area (Å²) in [4.78, 5) is 16.3. The lowest BCUT2D eigenvalue weighted by Crippen LogP contribution is -2.15. The number of carbonyl (C=O) groups excluding carboxylic acids is 1. The monoisotopic (exact) mass is 370 g/mol. The molecule has 2 aromatic heterocycles. The van der Waals surface area contributed by atoms with Crippen molar-refractivity contribution in [2.45, 2.75) is 26.8 Å². The lowest BCUT2D eigenvalue weighted by atomic mass is 10.3. The Kier molecular flexibility index (Phi) is 5.53. The average Bonchev–Trinajstić information content (AvgIpc) is 2.94. The van der Waals surface area contributed by atoms with Gasteiger partial charge in [-0.25, -0.2) is 4.98 Å². The molecular formula is C19H19ClN4O2. The molecule has 0 saturated carbocycles. The molecule has 2 heterocycles. The Hall–Kier alpha value is -2.86. The highest BCUT2D eigenvalue weighted by atomic mass is 35.5. The lowest BCUT2D eigenvalue weighted by molar-refractivity contribution is -0.116. The van der Waals surface area contributed by atoms with Crippen LogP contribution >= 0.6 is 11.6 Å². The summed E-state index contributed by atoms with van der Waals surface area (Å²) in [6, 6.07) is 12.5. The molecule has 0 aliphatic carbocycles. The molecule has 7 heteroatoms. The zero-order valence-corrected chi connectivity index (χ0v) is 15.3. The van der Waals surface area contributed by atoms with Gasteiger partial charge in [-0.3, -0.25) is 9.48 Å². The van der Waals surface area contributed by atoms with Gasteiger partial charge in [0.25, 0.3) is 0 Å². The van der Waals surface area contributed by atoms with Gasteiger partial charge in [0.1, 0.15) is 5.75 Å². The molecule has 0 radical (unpaired) electrons. The number of ether oxygens (including phenoxy) is 1. The summed E-state index contributed by atoms with van der Waals surface area (Å²) in [5.41, 5.74) is 2.61. The average molecular weight is 371 g/mol. The molecule has 0 fully saturated rings. The number of aromatic nitrogens is 3. The van der Waals surface area contributed by atoms with Gasteiger partial charge in [-0.15, -0.1) is 0 Å². The highest BCUT2D eigenvalue weighted by Crippen LogP contribution is 2.22. The van der Waals surface area contributed by atoms with Crippen molar-refractivity contribution in [1.29, 1.82) is 0 Å². The molecule has 0 spiro atoms. The molecular weight excluding hydrogens is 352 g/mol. The van der Waals surface area contributed by atoms with Crippen molar-refractivity contribution in [3.8, 4) is 11.6 Å². The number of pyridine rings is 1. The van der Waals surface area contributed by atoms with Gasteiger partial charge in [0.05, 0.1) is 17.6 Å². The zero-order valence-electron chi connectivity index (χ0n) is 14.6. The van der Waals surface area contributed by atoms with E-state index in [2.05, 4.69) is 15.4 Å². The summed E-state index contributed by atoms with van der Waals surface area (Å²) < 4.78 is 7.45. The maximum Gasteiger partial charge on any atom is 0.226 e. The van der Waals surface area contributed by atoms with E-state index in [0.717, 1.165) is 11.4 Å². The van der Waals surface area contributed by atoms with Crippen molar-refractivity contribution in [3.05, 3.63) is 65.1 Å². The Morgan fingerprint density at radius 1 is 1.19 bits per heavy atom. The van der Waals surface area contributed by atoms with Crippen LogP contribution in [-0.2, 0) is 11.3 Å². The highest BCUT2D eigenvalue weighted by Gasteiger charge is 2.07. The molecule has 3 aromatic rings. The number of nitrogens with one attached hydrogen (secondary N) is 1. The third kappa shape index (κ3) is 4.83. The van der Waals surface area contributed by atoms with E-state index in [1.807, 2.05) is 24.6 Å². The molecule has 134 valence electrons. The van der Waals surface area contributed by atoms with Crippen molar-refractivity contribution >= 4 is 23.2 Å². The molecule has 6 nitrogen and oxygen atoms in total. The molecule has 0 atom stereocenters. The van der Waals surface area contributed by atoms with Crippen LogP contribution in [0.15, 0.2) is 48.7 Å². The predicted molar refractivity (Wildman–Crippen MR) is 101 cm³/mol. The van der Waals surface area contributed by atoms with Crippen molar-refractivity contribution in [2.24, 2.45) is 0 Å². The van der Waals surface area contributed by atoms with Gasteiger partial charge in [0.2, 0.25) is 11.8 Å². The van der Waals surface area contributed by atoms with Crippen LogP contribution in [0.3, 0.4) is 0 Å². The number of hydrogen-bond acceptors (Lipinski definition) is 4. The van der Waals surface area contributed by atoms with E-state index in [9.17, 15) is 4.79 Å². The van der Waals surface area contributed by atoms with Crippen LogP contribution in [-0.4, -0.2) is 20.7 Å². The van der Waals surface area contributed by atoms with E-state index in [4.69, 9.17) is 16.3 Å². The molecule has 0 aliphatic rings. The number of rotatable bonds is 6. The van der Waals surface area contributed by atoms with Gasteiger partial charge in [-0.1, -0.05) is 11.6 Å². The molecule has 0 saturated heterocycles. The largest absolute Gasteiger partial charge is 0.439 e. The van der Waals surface area contributed by atoms with Crippen LogP contribution in [0, 0.1) is 13.8 Å². The summed E-state index contributed by atoms with van der Waals surface area (Å²) in [5, 5.41) is 7.81. The summed E-state index contributed by atoms with van der Waals surface area (Å²) in [6.45, 7) is 4.45. The van der Waals surface area contributed by atoms with E-state index < -0.39 is 0 Å².